The first-order chi connectivity index (χ1) is 16.8. The number of hydrazone groups is 1. The number of rotatable bonds is 8. The summed E-state index contributed by atoms with van der Waals surface area (Å²) in [6.45, 7) is 4.18. The van der Waals surface area contributed by atoms with Gasteiger partial charge in [-0.15, -0.1) is 6.58 Å². The molecule has 2 heterocycles. The summed E-state index contributed by atoms with van der Waals surface area (Å²) in [6.07, 6.45) is -0.893. The fourth-order valence-corrected chi connectivity index (χ4v) is 4.02. The quantitative estimate of drug-likeness (QED) is 0.311. The van der Waals surface area contributed by atoms with Crippen LogP contribution < -0.4 is 9.47 Å². The Hall–Kier alpha value is -3.86. The van der Waals surface area contributed by atoms with Crippen LogP contribution in [0.15, 0.2) is 76.9 Å². The Balaban J connectivity index is 1.47. The lowest BCUT2D eigenvalue weighted by atomic mass is 10.1. The number of amidine groups is 2. The van der Waals surface area contributed by atoms with Gasteiger partial charge in [0.15, 0.2) is 5.84 Å². The summed E-state index contributed by atoms with van der Waals surface area (Å²) in [7, 11) is 0. The molecule has 2 aliphatic heterocycles. The van der Waals surface area contributed by atoms with Gasteiger partial charge in [-0.2, -0.15) is 28.3 Å². The number of para-hydroxylation sites is 2. The number of alkyl halides is 3. The van der Waals surface area contributed by atoms with Crippen molar-refractivity contribution in [3.05, 3.63) is 77.9 Å². The van der Waals surface area contributed by atoms with Crippen LogP contribution in [0.25, 0.3) is 6.08 Å². The first-order valence-corrected chi connectivity index (χ1v) is 11.2. The number of allylic oxidation sites excluding steroid dienone is 1. The van der Waals surface area contributed by atoms with Crippen molar-refractivity contribution in [2.24, 2.45) is 10.1 Å². The number of thioether (sulfide) groups is 1. The molecule has 11 heteroatoms. The molecule has 0 bridgehead atoms. The Labute approximate surface area is 203 Å². The van der Waals surface area contributed by atoms with Crippen LogP contribution in [0, 0.1) is 5.41 Å². The van der Waals surface area contributed by atoms with Crippen LogP contribution in [0.3, 0.4) is 0 Å². The fourth-order valence-electron chi connectivity index (χ4n) is 3.27. The smallest absolute Gasteiger partial charge is 0.441 e. The molecule has 2 aromatic rings. The minimum atomic E-state index is -4.70. The van der Waals surface area contributed by atoms with Gasteiger partial charge in [0.05, 0.1) is 5.57 Å². The predicted molar refractivity (Wildman–Crippen MR) is 129 cm³/mol. The molecule has 0 aromatic heterocycles. The number of hydrogen-bond acceptors (Lipinski definition) is 6. The van der Waals surface area contributed by atoms with Crippen LogP contribution in [-0.4, -0.2) is 46.4 Å². The molecule has 35 heavy (non-hydrogen) atoms. The maximum absolute atomic E-state index is 13.0. The number of hydrogen-bond donors (Lipinski definition) is 1. The Morgan fingerprint density at radius 1 is 1.06 bits per heavy atom. The SMILES string of the molecule is C=CCc1ccccc1OCCOc1ccccc1C=C1C(=N)N2N=C(C(F)(F)F)SC2=NC1=O. The van der Waals surface area contributed by atoms with Crippen LogP contribution >= 0.6 is 11.8 Å². The number of carbonyl (C=O) groups excluding carboxylic acids is 1. The second-order valence-electron chi connectivity index (χ2n) is 7.26. The summed E-state index contributed by atoms with van der Waals surface area (Å²) >= 11 is 0.204. The molecule has 1 N–H and O–H groups in total. The third-order valence-corrected chi connectivity index (χ3v) is 5.80. The van der Waals surface area contributed by atoms with Crippen molar-refractivity contribution in [1.29, 1.82) is 5.41 Å². The van der Waals surface area contributed by atoms with E-state index in [1.807, 2.05) is 24.3 Å². The summed E-state index contributed by atoms with van der Waals surface area (Å²) in [4.78, 5) is 16.2. The van der Waals surface area contributed by atoms with E-state index in [9.17, 15) is 18.0 Å². The largest absolute Gasteiger partial charge is 0.490 e. The lowest BCUT2D eigenvalue weighted by Gasteiger charge is -2.20. The van der Waals surface area contributed by atoms with E-state index in [1.54, 1.807) is 30.3 Å². The molecule has 0 unspecified atom stereocenters. The maximum Gasteiger partial charge on any atom is 0.441 e. The number of ether oxygens (including phenoxy) is 2. The lowest BCUT2D eigenvalue weighted by molar-refractivity contribution is -0.114. The van der Waals surface area contributed by atoms with Crippen molar-refractivity contribution in [2.45, 2.75) is 12.6 Å². The Morgan fingerprint density at radius 2 is 1.71 bits per heavy atom. The molecule has 2 aliphatic rings. The molecule has 0 fully saturated rings. The van der Waals surface area contributed by atoms with Gasteiger partial charge in [-0.1, -0.05) is 42.5 Å². The lowest BCUT2D eigenvalue weighted by Crippen LogP contribution is -2.35. The summed E-state index contributed by atoms with van der Waals surface area (Å²) in [5, 5.41) is 10.9. The number of aliphatic imine (C=N–C) groups is 1. The minimum Gasteiger partial charge on any atom is -0.490 e. The monoisotopic (exact) mass is 500 g/mol. The van der Waals surface area contributed by atoms with E-state index in [4.69, 9.17) is 14.9 Å². The molecule has 0 aliphatic carbocycles. The Bertz CT molecular complexity index is 1270. The van der Waals surface area contributed by atoms with Gasteiger partial charge in [-0.25, -0.2) is 0 Å². The minimum absolute atomic E-state index is 0.193. The van der Waals surface area contributed by atoms with Gasteiger partial charge in [0.1, 0.15) is 24.7 Å². The van der Waals surface area contributed by atoms with Crippen LogP contribution in [0.5, 0.6) is 11.5 Å². The number of nitrogens with one attached hydrogen (secondary N) is 1. The molecule has 7 nitrogen and oxygen atoms in total. The molecule has 0 saturated carbocycles. The molecule has 0 radical (unpaired) electrons. The third kappa shape index (κ3) is 5.46. The molecule has 180 valence electrons. The fraction of sp³-hybridized carbons (Fsp3) is 0.167. The van der Waals surface area contributed by atoms with Crippen molar-refractivity contribution in [3.63, 3.8) is 0 Å². The Morgan fingerprint density at radius 3 is 2.43 bits per heavy atom. The zero-order valence-electron chi connectivity index (χ0n) is 18.2. The number of benzene rings is 2. The van der Waals surface area contributed by atoms with Gasteiger partial charge < -0.3 is 9.47 Å². The number of fused-ring (bicyclic) bond motifs is 1. The van der Waals surface area contributed by atoms with E-state index in [2.05, 4.69) is 16.7 Å². The van der Waals surface area contributed by atoms with Gasteiger partial charge in [0.2, 0.25) is 10.2 Å². The van der Waals surface area contributed by atoms with Gasteiger partial charge in [-0.05, 0) is 42.0 Å². The maximum atomic E-state index is 13.0. The predicted octanol–water partition coefficient (Wildman–Crippen LogP) is 5.05. The van der Waals surface area contributed by atoms with E-state index in [0.717, 1.165) is 11.3 Å². The van der Waals surface area contributed by atoms with Crippen molar-refractivity contribution >= 4 is 39.8 Å². The average molecular weight is 501 g/mol. The van der Waals surface area contributed by atoms with Gasteiger partial charge >= 0.3 is 6.18 Å². The highest BCUT2D eigenvalue weighted by atomic mass is 32.2. The summed E-state index contributed by atoms with van der Waals surface area (Å²) in [5.41, 5.74) is 1.25. The second kappa shape index (κ2) is 10.2. The zero-order valence-corrected chi connectivity index (χ0v) is 19.0. The van der Waals surface area contributed by atoms with E-state index in [-0.39, 0.29) is 35.7 Å². The van der Waals surface area contributed by atoms with Crippen molar-refractivity contribution in [3.8, 4) is 11.5 Å². The van der Waals surface area contributed by atoms with Crippen LogP contribution in [0.4, 0.5) is 13.2 Å². The summed E-state index contributed by atoms with van der Waals surface area (Å²) in [6, 6.07) is 14.4. The molecule has 0 atom stereocenters. The van der Waals surface area contributed by atoms with E-state index in [1.165, 1.54) is 6.08 Å². The van der Waals surface area contributed by atoms with Gasteiger partial charge in [0.25, 0.3) is 5.91 Å². The standard InChI is InChI=1S/C24H19F3N4O3S/c1-2-7-15-8-3-5-10-18(15)33-12-13-34-19-11-6-4-9-16(19)14-17-20(28)31-23(29-21(17)32)35-22(30-31)24(25,26)27/h2-6,8-11,14,28H,1,7,12-13H2. The van der Waals surface area contributed by atoms with Crippen molar-refractivity contribution < 1.29 is 27.4 Å². The molecule has 0 spiro atoms. The van der Waals surface area contributed by atoms with E-state index >= 15 is 0 Å². The van der Waals surface area contributed by atoms with E-state index < -0.39 is 23.0 Å². The highest BCUT2D eigenvalue weighted by molar-refractivity contribution is 8.27. The van der Waals surface area contributed by atoms with Gasteiger partial charge in [0, 0.05) is 5.56 Å². The molecular formula is C24H19F3N4O3S. The highest BCUT2D eigenvalue weighted by Gasteiger charge is 2.46. The van der Waals surface area contributed by atoms with Crippen LogP contribution in [0.1, 0.15) is 11.1 Å². The molecule has 0 saturated heterocycles. The average Bonchev–Trinajstić information content (AvgIpc) is 3.26. The molecule has 2 aromatic carbocycles. The van der Waals surface area contributed by atoms with Crippen molar-refractivity contribution in [2.75, 3.05) is 13.2 Å². The molecule has 4 rings (SSSR count). The second-order valence-corrected chi connectivity index (χ2v) is 8.21. The first-order valence-electron chi connectivity index (χ1n) is 10.4. The van der Waals surface area contributed by atoms with Gasteiger partial charge in [-0.3, -0.25) is 10.2 Å². The number of carbonyl (C=O) groups is 1. The van der Waals surface area contributed by atoms with E-state index in [0.29, 0.717) is 22.7 Å². The topological polar surface area (TPSA) is 87.3 Å². The summed E-state index contributed by atoms with van der Waals surface area (Å²) < 4.78 is 50.6. The highest BCUT2D eigenvalue weighted by Crippen LogP contribution is 2.35. The molecule has 1 amide bonds. The first kappa shape index (κ1) is 24.3. The number of halogens is 3. The zero-order chi connectivity index (χ0) is 25.0. The van der Waals surface area contributed by atoms with Crippen molar-refractivity contribution in [1.82, 2.24) is 5.01 Å². The molecular weight excluding hydrogens is 481 g/mol. The Kier molecular flexibility index (Phi) is 7.06. The third-order valence-electron chi connectivity index (χ3n) is 4.85. The van der Waals surface area contributed by atoms with Crippen LogP contribution in [-0.2, 0) is 11.2 Å². The van der Waals surface area contributed by atoms with Crippen LogP contribution in [0.2, 0.25) is 0 Å². The normalized spacial score (nSPS) is 16.7. The number of nitrogens with zero attached hydrogens (tertiary/aromatic N) is 3. The summed E-state index contributed by atoms with van der Waals surface area (Å²) in [5.74, 6) is -0.190. The number of amides is 1.